The maximum absolute atomic E-state index is 12.5. The number of benzene rings is 2. The van der Waals surface area contributed by atoms with Gasteiger partial charge in [-0.2, -0.15) is 0 Å². The Morgan fingerprint density at radius 1 is 0.870 bits per heavy atom. The van der Waals surface area contributed by atoms with Gasteiger partial charge in [-0.1, -0.05) is 29.8 Å². The summed E-state index contributed by atoms with van der Waals surface area (Å²) in [5, 5.41) is 6.61. The summed E-state index contributed by atoms with van der Waals surface area (Å²) >= 11 is 5.85. The van der Waals surface area contributed by atoms with E-state index in [1.807, 2.05) is 30.3 Å². The number of hydrogen-bond acceptors (Lipinski definition) is 3. The van der Waals surface area contributed by atoms with Gasteiger partial charge in [0.2, 0.25) is 0 Å². The summed E-state index contributed by atoms with van der Waals surface area (Å²) in [5.41, 5.74) is 2.01. The van der Waals surface area contributed by atoms with Crippen LogP contribution in [0.15, 0.2) is 72.9 Å². The molecule has 5 heteroatoms. The van der Waals surface area contributed by atoms with Crippen molar-refractivity contribution in [1.82, 2.24) is 4.98 Å². The van der Waals surface area contributed by atoms with Crippen molar-refractivity contribution in [3.8, 4) is 0 Å². The van der Waals surface area contributed by atoms with Crippen molar-refractivity contribution in [2.75, 3.05) is 10.6 Å². The van der Waals surface area contributed by atoms with Crippen LogP contribution in [-0.4, -0.2) is 10.9 Å². The summed E-state index contributed by atoms with van der Waals surface area (Å²) in [6.07, 6.45) is 1.64. The van der Waals surface area contributed by atoms with E-state index in [4.69, 9.17) is 11.6 Å². The van der Waals surface area contributed by atoms with Crippen LogP contribution in [-0.2, 0) is 0 Å². The first-order chi connectivity index (χ1) is 11.2. The average Bonchev–Trinajstić information content (AvgIpc) is 2.58. The van der Waals surface area contributed by atoms with E-state index >= 15 is 0 Å². The molecule has 0 saturated heterocycles. The van der Waals surface area contributed by atoms with E-state index in [0.717, 1.165) is 5.69 Å². The van der Waals surface area contributed by atoms with E-state index in [1.165, 1.54) is 0 Å². The molecule has 0 atom stereocenters. The molecule has 0 bridgehead atoms. The van der Waals surface area contributed by atoms with Crippen molar-refractivity contribution in [2.24, 2.45) is 0 Å². The zero-order chi connectivity index (χ0) is 16.1. The van der Waals surface area contributed by atoms with Crippen molar-refractivity contribution >= 4 is 34.7 Å². The molecule has 0 unspecified atom stereocenters. The first kappa shape index (κ1) is 15.1. The largest absolute Gasteiger partial charge is 0.340 e. The number of halogens is 1. The van der Waals surface area contributed by atoms with E-state index in [1.54, 1.807) is 42.6 Å². The lowest BCUT2D eigenvalue weighted by Crippen LogP contribution is -2.14. The van der Waals surface area contributed by atoms with Crippen LogP contribution >= 0.6 is 11.6 Å². The van der Waals surface area contributed by atoms with Gasteiger partial charge in [0, 0.05) is 22.6 Å². The van der Waals surface area contributed by atoms with Gasteiger partial charge in [-0.15, -0.1) is 0 Å². The highest BCUT2D eigenvalue weighted by Crippen LogP contribution is 2.20. The molecule has 3 rings (SSSR count). The Labute approximate surface area is 139 Å². The number of anilines is 3. The number of carbonyl (C=O) groups excluding carboxylic acids is 1. The number of hydrogen-bond donors (Lipinski definition) is 2. The summed E-state index contributed by atoms with van der Waals surface area (Å²) in [5.74, 6) is 0.268. The van der Waals surface area contributed by atoms with Crippen LogP contribution < -0.4 is 10.6 Å². The Bertz CT molecular complexity index is 804. The monoisotopic (exact) mass is 323 g/mol. The maximum atomic E-state index is 12.5. The van der Waals surface area contributed by atoms with Crippen LogP contribution in [0.3, 0.4) is 0 Å². The smallest absolute Gasteiger partial charge is 0.259 e. The number of para-hydroxylation sites is 1. The molecule has 3 aromatic rings. The molecule has 2 aromatic carbocycles. The highest BCUT2D eigenvalue weighted by molar-refractivity contribution is 6.30. The fraction of sp³-hybridized carbons (Fsp3) is 0. The van der Waals surface area contributed by atoms with Crippen molar-refractivity contribution in [1.29, 1.82) is 0 Å². The van der Waals surface area contributed by atoms with Gasteiger partial charge in [0.05, 0.1) is 5.56 Å². The quantitative estimate of drug-likeness (QED) is 0.729. The van der Waals surface area contributed by atoms with Crippen LogP contribution in [0.5, 0.6) is 0 Å². The van der Waals surface area contributed by atoms with Crippen LogP contribution in [0, 0.1) is 0 Å². The van der Waals surface area contributed by atoms with Gasteiger partial charge in [-0.05, 0) is 48.5 Å². The lowest BCUT2D eigenvalue weighted by atomic mass is 10.2. The Hall–Kier alpha value is -2.85. The Morgan fingerprint density at radius 2 is 1.61 bits per heavy atom. The summed E-state index contributed by atoms with van der Waals surface area (Å²) in [7, 11) is 0. The molecule has 0 saturated carbocycles. The minimum Gasteiger partial charge on any atom is -0.340 e. The second kappa shape index (κ2) is 6.94. The second-order valence-electron chi connectivity index (χ2n) is 4.85. The Morgan fingerprint density at radius 3 is 2.35 bits per heavy atom. The normalized spacial score (nSPS) is 10.1. The Kier molecular flexibility index (Phi) is 4.54. The summed E-state index contributed by atoms with van der Waals surface area (Å²) in [4.78, 5) is 16.7. The average molecular weight is 324 g/mol. The zero-order valence-corrected chi connectivity index (χ0v) is 12.9. The number of nitrogens with zero attached hydrogens (tertiary/aromatic N) is 1. The number of amides is 1. The third kappa shape index (κ3) is 3.87. The SMILES string of the molecule is O=C(Nc1ccc(Cl)cc1)c1cccnc1Nc1ccccc1. The topological polar surface area (TPSA) is 54.0 Å². The molecule has 0 aliphatic heterocycles. The molecule has 1 heterocycles. The van der Waals surface area contributed by atoms with E-state index in [0.29, 0.717) is 22.1 Å². The van der Waals surface area contributed by atoms with Gasteiger partial charge in [-0.3, -0.25) is 4.79 Å². The van der Waals surface area contributed by atoms with Gasteiger partial charge in [0.25, 0.3) is 5.91 Å². The Balaban J connectivity index is 1.82. The summed E-state index contributed by atoms with van der Waals surface area (Å²) in [6, 6.07) is 20.0. The third-order valence-corrected chi connectivity index (χ3v) is 3.44. The van der Waals surface area contributed by atoms with Crippen molar-refractivity contribution < 1.29 is 4.79 Å². The molecule has 2 N–H and O–H groups in total. The van der Waals surface area contributed by atoms with Crippen LogP contribution in [0.1, 0.15) is 10.4 Å². The fourth-order valence-corrected chi connectivity index (χ4v) is 2.20. The van der Waals surface area contributed by atoms with Gasteiger partial charge in [-0.25, -0.2) is 4.98 Å². The molecule has 0 aliphatic carbocycles. The maximum Gasteiger partial charge on any atom is 0.259 e. The van der Waals surface area contributed by atoms with Crippen LogP contribution in [0.25, 0.3) is 0 Å². The molecular weight excluding hydrogens is 310 g/mol. The number of carbonyl (C=O) groups is 1. The number of rotatable bonds is 4. The summed E-state index contributed by atoms with van der Waals surface area (Å²) in [6.45, 7) is 0. The van der Waals surface area contributed by atoms with Crippen LogP contribution in [0.2, 0.25) is 5.02 Å². The number of pyridine rings is 1. The predicted octanol–water partition coefficient (Wildman–Crippen LogP) is 4.73. The minimum atomic E-state index is -0.237. The molecule has 114 valence electrons. The van der Waals surface area contributed by atoms with Gasteiger partial charge in [0.15, 0.2) is 0 Å². The molecule has 0 spiro atoms. The van der Waals surface area contributed by atoms with Crippen molar-refractivity contribution in [3.63, 3.8) is 0 Å². The van der Waals surface area contributed by atoms with Gasteiger partial charge in [0.1, 0.15) is 5.82 Å². The molecule has 0 aliphatic rings. The highest BCUT2D eigenvalue weighted by Gasteiger charge is 2.12. The standard InChI is InChI=1S/C18H14ClN3O/c19-13-8-10-15(11-9-13)22-18(23)16-7-4-12-20-17(16)21-14-5-2-1-3-6-14/h1-12H,(H,20,21)(H,22,23). The molecule has 4 nitrogen and oxygen atoms in total. The fourth-order valence-electron chi connectivity index (χ4n) is 2.08. The first-order valence-corrected chi connectivity index (χ1v) is 7.44. The lowest BCUT2D eigenvalue weighted by molar-refractivity contribution is 0.102. The van der Waals surface area contributed by atoms with E-state index in [2.05, 4.69) is 15.6 Å². The zero-order valence-electron chi connectivity index (χ0n) is 12.2. The third-order valence-electron chi connectivity index (χ3n) is 3.19. The summed E-state index contributed by atoms with van der Waals surface area (Å²) < 4.78 is 0. The molecular formula is C18H14ClN3O. The second-order valence-corrected chi connectivity index (χ2v) is 5.29. The molecule has 1 amide bonds. The van der Waals surface area contributed by atoms with Crippen molar-refractivity contribution in [2.45, 2.75) is 0 Å². The number of aromatic nitrogens is 1. The first-order valence-electron chi connectivity index (χ1n) is 7.06. The predicted molar refractivity (Wildman–Crippen MR) is 93.4 cm³/mol. The van der Waals surface area contributed by atoms with E-state index in [9.17, 15) is 4.79 Å². The van der Waals surface area contributed by atoms with Crippen LogP contribution in [0.4, 0.5) is 17.2 Å². The molecule has 1 aromatic heterocycles. The molecule has 0 fully saturated rings. The highest BCUT2D eigenvalue weighted by atomic mass is 35.5. The van der Waals surface area contributed by atoms with Crippen molar-refractivity contribution in [3.05, 3.63) is 83.5 Å². The minimum absolute atomic E-state index is 0.237. The van der Waals surface area contributed by atoms with Gasteiger partial charge >= 0.3 is 0 Å². The van der Waals surface area contributed by atoms with Gasteiger partial charge < -0.3 is 10.6 Å². The lowest BCUT2D eigenvalue weighted by Gasteiger charge is -2.11. The molecule has 23 heavy (non-hydrogen) atoms. The van der Waals surface area contributed by atoms with E-state index in [-0.39, 0.29) is 5.91 Å². The van der Waals surface area contributed by atoms with E-state index < -0.39 is 0 Å². The molecule has 0 radical (unpaired) electrons. The number of nitrogens with one attached hydrogen (secondary N) is 2.